The lowest BCUT2D eigenvalue weighted by molar-refractivity contribution is -0.169. The third-order valence-electron chi connectivity index (χ3n) is 3.11. The molecular formula is C15H19BrO4. The monoisotopic (exact) mass is 342 g/mol. The van der Waals surface area contributed by atoms with Crippen LogP contribution in [0.1, 0.15) is 19.4 Å². The van der Waals surface area contributed by atoms with Gasteiger partial charge in [0, 0.05) is 5.92 Å². The van der Waals surface area contributed by atoms with Crippen LogP contribution in [0.5, 0.6) is 0 Å². The summed E-state index contributed by atoms with van der Waals surface area (Å²) < 4.78 is 4.61. The molecule has 0 amide bonds. The van der Waals surface area contributed by atoms with Gasteiger partial charge in [0.15, 0.2) is 5.78 Å². The van der Waals surface area contributed by atoms with Crippen LogP contribution in [0.15, 0.2) is 30.3 Å². The Kier molecular flexibility index (Phi) is 5.89. The minimum Gasteiger partial charge on any atom is -0.467 e. The fourth-order valence-corrected chi connectivity index (χ4v) is 2.73. The van der Waals surface area contributed by atoms with Crippen molar-refractivity contribution >= 4 is 27.7 Å². The molecule has 0 radical (unpaired) electrons. The van der Waals surface area contributed by atoms with Crippen LogP contribution >= 0.6 is 15.9 Å². The van der Waals surface area contributed by atoms with E-state index in [2.05, 4.69) is 20.7 Å². The third-order valence-corrected chi connectivity index (χ3v) is 4.09. The minimum atomic E-state index is -2.18. The maximum atomic E-state index is 12.2. The van der Waals surface area contributed by atoms with Crippen LogP contribution in [-0.2, 0) is 20.7 Å². The van der Waals surface area contributed by atoms with Crippen LogP contribution in [0.4, 0.5) is 0 Å². The van der Waals surface area contributed by atoms with Crippen molar-refractivity contribution in [3.8, 4) is 0 Å². The van der Waals surface area contributed by atoms with Crippen molar-refractivity contribution in [2.24, 2.45) is 5.92 Å². The molecule has 2 atom stereocenters. The van der Waals surface area contributed by atoms with Gasteiger partial charge >= 0.3 is 5.97 Å². The molecule has 20 heavy (non-hydrogen) atoms. The Hall–Kier alpha value is -1.20. The van der Waals surface area contributed by atoms with Crippen LogP contribution < -0.4 is 0 Å². The number of ether oxygens (including phenoxy) is 1. The van der Waals surface area contributed by atoms with E-state index in [1.807, 2.05) is 30.3 Å². The maximum absolute atomic E-state index is 12.2. The molecule has 0 aliphatic carbocycles. The third kappa shape index (κ3) is 3.46. The molecule has 0 aromatic heterocycles. The van der Waals surface area contributed by atoms with Crippen molar-refractivity contribution in [2.75, 3.05) is 7.11 Å². The molecule has 1 aromatic carbocycles. The van der Waals surface area contributed by atoms with Gasteiger partial charge in [0.2, 0.25) is 5.60 Å². The molecule has 4 nitrogen and oxygen atoms in total. The predicted molar refractivity (Wildman–Crippen MR) is 79.7 cm³/mol. The van der Waals surface area contributed by atoms with Gasteiger partial charge in [-0.25, -0.2) is 4.79 Å². The lowest BCUT2D eigenvalue weighted by Crippen LogP contribution is -2.56. The van der Waals surface area contributed by atoms with Gasteiger partial charge in [-0.1, -0.05) is 60.1 Å². The van der Waals surface area contributed by atoms with Crippen molar-refractivity contribution in [3.05, 3.63) is 35.9 Å². The number of benzene rings is 1. The molecular weight excluding hydrogens is 324 g/mol. The Balaban J connectivity index is 3.05. The molecule has 0 fully saturated rings. The van der Waals surface area contributed by atoms with Gasteiger partial charge in [-0.15, -0.1) is 0 Å². The molecule has 0 saturated heterocycles. The molecule has 0 unspecified atom stereocenters. The summed E-state index contributed by atoms with van der Waals surface area (Å²) in [5.74, 6) is -1.97. The SMILES string of the molecule is COC(=O)[C@@](O)(C(=O)C(C)C)[C@@H](Br)Cc1ccccc1. The summed E-state index contributed by atoms with van der Waals surface area (Å²) in [6.45, 7) is 3.27. The first-order valence-electron chi connectivity index (χ1n) is 6.37. The van der Waals surface area contributed by atoms with Crippen LogP contribution in [-0.4, -0.2) is 34.4 Å². The standard InChI is InChI=1S/C15H19BrO4/c1-10(2)13(17)15(19,14(18)20-3)12(16)9-11-7-5-4-6-8-11/h4-8,10,12,19H,9H2,1-3H3/t12-,15-/m0/s1. The topological polar surface area (TPSA) is 63.6 Å². The Morgan fingerprint density at radius 2 is 1.85 bits per heavy atom. The summed E-state index contributed by atoms with van der Waals surface area (Å²) in [5.41, 5.74) is -1.27. The number of esters is 1. The van der Waals surface area contributed by atoms with Crippen molar-refractivity contribution in [1.82, 2.24) is 0 Å². The second-order valence-electron chi connectivity index (χ2n) is 4.93. The molecule has 1 rings (SSSR count). The maximum Gasteiger partial charge on any atom is 0.346 e. The number of rotatable bonds is 6. The summed E-state index contributed by atoms with van der Waals surface area (Å²) in [4.78, 5) is 23.4. The Bertz CT molecular complexity index is 472. The highest BCUT2D eigenvalue weighted by molar-refractivity contribution is 9.09. The van der Waals surface area contributed by atoms with Crippen molar-refractivity contribution in [1.29, 1.82) is 0 Å². The number of methoxy groups -OCH3 is 1. The smallest absolute Gasteiger partial charge is 0.346 e. The number of carbonyl (C=O) groups excluding carboxylic acids is 2. The number of hydrogen-bond acceptors (Lipinski definition) is 4. The summed E-state index contributed by atoms with van der Waals surface area (Å²) in [7, 11) is 1.16. The molecule has 0 saturated carbocycles. The molecule has 0 spiro atoms. The average molecular weight is 343 g/mol. The summed E-state index contributed by atoms with van der Waals surface area (Å²) in [5, 5.41) is 10.6. The molecule has 0 aliphatic heterocycles. The molecule has 0 bridgehead atoms. The van der Waals surface area contributed by atoms with Gasteiger partial charge < -0.3 is 9.84 Å². The van der Waals surface area contributed by atoms with E-state index >= 15 is 0 Å². The highest BCUT2D eigenvalue weighted by Gasteiger charge is 2.51. The van der Waals surface area contributed by atoms with E-state index in [1.165, 1.54) is 0 Å². The molecule has 5 heteroatoms. The molecule has 0 aliphatic rings. The number of ketones is 1. The van der Waals surface area contributed by atoms with E-state index in [0.29, 0.717) is 6.42 Å². The van der Waals surface area contributed by atoms with Crippen molar-refractivity contribution in [3.63, 3.8) is 0 Å². The van der Waals surface area contributed by atoms with E-state index in [4.69, 9.17) is 0 Å². The fraction of sp³-hybridized carbons (Fsp3) is 0.467. The van der Waals surface area contributed by atoms with Gasteiger partial charge in [-0.2, -0.15) is 0 Å². The van der Waals surface area contributed by atoms with Gasteiger partial charge in [-0.3, -0.25) is 4.79 Å². The number of carbonyl (C=O) groups is 2. The fourth-order valence-electron chi connectivity index (χ4n) is 1.95. The van der Waals surface area contributed by atoms with Gasteiger partial charge in [0.1, 0.15) is 0 Å². The van der Waals surface area contributed by atoms with Crippen LogP contribution in [0.2, 0.25) is 0 Å². The first-order valence-corrected chi connectivity index (χ1v) is 7.28. The molecule has 1 N–H and O–H groups in total. The zero-order valence-electron chi connectivity index (χ0n) is 11.8. The van der Waals surface area contributed by atoms with E-state index in [9.17, 15) is 14.7 Å². The summed E-state index contributed by atoms with van der Waals surface area (Å²) in [6.07, 6.45) is 0.338. The number of aliphatic hydroxyl groups is 1. The second kappa shape index (κ2) is 6.99. The Labute approximate surface area is 127 Å². The summed E-state index contributed by atoms with van der Waals surface area (Å²) in [6, 6.07) is 9.32. The number of hydrogen-bond donors (Lipinski definition) is 1. The second-order valence-corrected chi connectivity index (χ2v) is 6.04. The zero-order chi connectivity index (χ0) is 15.3. The quantitative estimate of drug-likeness (QED) is 0.488. The largest absolute Gasteiger partial charge is 0.467 e. The lowest BCUT2D eigenvalue weighted by Gasteiger charge is -2.30. The number of halogens is 1. The highest BCUT2D eigenvalue weighted by Crippen LogP contribution is 2.27. The van der Waals surface area contributed by atoms with Crippen molar-refractivity contribution < 1.29 is 19.4 Å². The molecule has 110 valence electrons. The van der Waals surface area contributed by atoms with E-state index < -0.39 is 28.1 Å². The molecule has 1 aromatic rings. The first-order chi connectivity index (χ1) is 9.33. The highest BCUT2D eigenvalue weighted by atomic mass is 79.9. The van der Waals surface area contributed by atoms with Crippen molar-refractivity contribution in [2.45, 2.75) is 30.7 Å². The van der Waals surface area contributed by atoms with Crippen LogP contribution in [0.25, 0.3) is 0 Å². The van der Waals surface area contributed by atoms with Gasteiger partial charge in [0.05, 0.1) is 11.9 Å². The minimum absolute atomic E-state index is 0.338. The normalized spacial score (nSPS) is 15.5. The molecule has 0 heterocycles. The van der Waals surface area contributed by atoms with E-state index in [1.54, 1.807) is 13.8 Å². The Morgan fingerprint density at radius 3 is 2.30 bits per heavy atom. The lowest BCUT2D eigenvalue weighted by atomic mass is 9.85. The Morgan fingerprint density at radius 1 is 1.30 bits per heavy atom. The average Bonchev–Trinajstić information content (AvgIpc) is 2.45. The van der Waals surface area contributed by atoms with E-state index in [0.717, 1.165) is 12.7 Å². The zero-order valence-corrected chi connectivity index (χ0v) is 13.4. The van der Waals surface area contributed by atoms with Gasteiger partial charge in [0.25, 0.3) is 0 Å². The van der Waals surface area contributed by atoms with E-state index in [-0.39, 0.29) is 0 Å². The van der Waals surface area contributed by atoms with Crippen LogP contribution in [0.3, 0.4) is 0 Å². The predicted octanol–water partition coefficient (Wildman–Crippen LogP) is 2.12. The van der Waals surface area contributed by atoms with Crippen LogP contribution in [0, 0.1) is 5.92 Å². The number of alkyl halides is 1. The van der Waals surface area contributed by atoms with Gasteiger partial charge in [-0.05, 0) is 12.0 Å². The summed E-state index contributed by atoms with van der Waals surface area (Å²) >= 11 is 3.28. The number of Topliss-reactive ketones (excluding diaryl/α,β-unsaturated/α-hetero) is 1. The first kappa shape index (κ1) is 16.9.